The van der Waals surface area contributed by atoms with Gasteiger partial charge in [-0.2, -0.15) is 5.10 Å². The Balaban J connectivity index is 2.55. The highest BCUT2D eigenvalue weighted by atomic mass is 16.5. The summed E-state index contributed by atoms with van der Waals surface area (Å²) in [5, 5.41) is 5.42. The molecule has 0 amide bonds. The average Bonchev–Trinajstić information content (AvgIpc) is 2.68. The standard InChI is InChI=1S/C12H14N2O2/c1-4-5-14-8-9-6-11(15-2)12(16-3)7-10(9)13-14/h4,6-8H,1,5H2,2-3H3. The summed E-state index contributed by atoms with van der Waals surface area (Å²) in [6.07, 6.45) is 3.76. The Hall–Kier alpha value is -1.97. The van der Waals surface area contributed by atoms with Crippen molar-refractivity contribution in [1.29, 1.82) is 0 Å². The van der Waals surface area contributed by atoms with Gasteiger partial charge in [-0.1, -0.05) is 6.08 Å². The third-order valence-corrected chi connectivity index (χ3v) is 2.37. The van der Waals surface area contributed by atoms with Crippen LogP contribution in [0.5, 0.6) is 11.5 Å². The van der Waals surface area contributed by atoms with Gasteiger partial charge in [0, 0.05) is 17.6 Å². The normalized spacial score (nSPS) is 10.4. The van der Waals surface area contributed by atoms with Gasteiger partial charge in [0.15, 0.2) is 11.5 Å². The van der Waals surface area contributed by atoms with Gasteiger partial charge in [-0.25, -0.2) is 0 Å². The first-order valence-electron chi connectivity index (χ1n) is 4.98. The lowest BCUT2D eigenvalue weighted by molar-refractivity contribution is 0.356. The predicted molar refractivity (Wildman–Crippen MR) is 63.0 cm³/mol. The predicted octanol–water partition coefficient (Wildman–Crippen LogP) is 2.24. The monoisotopic (exact) mass is 218 g/mol. The van der Waals surface area contributed by atoms with Crippen molar-refractivity contribution in [3.8, 4) is 11.5 Å². The minimum atomic E-state index is 0.693. The third kappa shape index (κ3) is 1.74. The van der Waals surface area contributed by atoms with Crippen molar-refractivity contribution >= 4 is 10.9 Å². The van der Waals surface area contributed by atoms with Gasteiger partial charge in [-0.05, 0) is 6.07 Å². The summed E-state index contributed by atoms with van der Waals surface area (Å²) in [4.78, 5) is 0. The smallest absolute Gasteiger partial charge is 0.162 e. The highest BCUT2D eigenvalue weighted by Gasteiger charge is 2.08. The molecule has 0 spiro atoms. The van der Waals surface area contributed by atoms with Crippen LogP contribution in [0.1, 0.15) is 0 Å². The number of allylic oxidation sites excluding steroid dienone is 1. The SMILES string of the molecule is C=CCn1cc2cc(OC)c(OC)cc2n1. The van der Waals surface area contributed by atoms with E-state index in [0.717, 1.165) is 10.9 Å². The summed E-state index contributed by atoms with van der Waals surface area (Å²) in [5.74, 6) is 1.41. The number of methoxy groups -OCH3 is 2. The van der Waals surface area contributed by atoms with Crippen LogP contribution < -0.4 is 9.47 Å². The summed E-state index contributed by atoms with van der Waals surface area (Å²) < 4.78 is 12.3. The molecule has 0 aliphatic heterocycles. The van der Waals surface area contributed by atoms with Crippen LogP contribution in [0.15, 0.2) is 31.0 Å². The third-order valence-electron chi connectivity index (χ3n) is 2.37. The highest BCUT2D eigenvalue weighted by molar-refractivity contribution is 5.82. The van der Waals surface area contributed by atoms with Gasteiger partial charge >= 0.3 is 0 Å². The van der Waals surface area contributed by atoms with Gasteiger partial charge < -0.3 is 9.47 Å². The van der Waals surface area contributed by atoms with Crippen molar-refractivity contribution in [2.75, 3.05) is 14.2 Å². The topological polar surface area (TPSA) is 36.3 Å². The fourth-order valence-electron chi connectivity index (χ4n) is 1.63. The van der Waals surface area contributed by atoms with Crippen LogP contribution in [0.25, 0.3) is 10.9 Å². The van der Waals surface area contributed by atoms with Crippen molar-refractivity contribution in [3.63, 3.8) is 0 Å². The Morgan fingerprint density at radius 2 is 2.00 bits per heavy atom. The lowest BCUT2D eigenvalue weighted by atomic mass is 10.2. The zero-order valence-corrected chi connectivity index (χ0v) is 9.43. The zero-order valence-electron chi connectivity index (χ0n) is 9.43. The van der Waals surface area contributed by atoms with Gasteiger partial charge in [0.2, 0.25) is 0 Å². The Morgan fingerprint density at radius 1 is 1.31 bits per heavy atom. The second-order valence-electron chi connectivity index (χ2n) is 3.41. The van der Waals surface area contributed by atoms with Gasteiger partial charge in [-0.3, -0.25) is 4.68 Å². The molecular formula is C12H14N2O2. The number of benzene rings is 1. The lowest BCUT2D eigenvalue weighted by Crippen LogP contribution is -1.93. The minimum absolute atomic E-state index is 0.693. The lowest BCUT2D eigenvalue weighted by Gasteiger charge is -2.05. The minimum Gasteiger partial charge on any atom is -0.493 e. The van der Waals surface area contributed by atoms with E-state index in [4.69, 9.17) is 9.47 Å². The van der Waals surface area contributed by atoms with Crippen molar-refractivity contribution < 1.29 is 9.47 Å². The summed E-state index contributed by atoms with van der Waals surface area (Å²) in [5.41, 5.74) is 0.888. The molecule has 0 radical (unpaired) electrons. The first-order chi connectivity index (χ1) is 7.78. The van der Waals surface area contributed by atoms with Crippen molar-refractivity contribution in [2.45, 2.75) is 6.54 Å². The van der Waals surface area contributed by atoms with E-state index in [2.05, 4.69) is 11.7 Å². The Labute approximate surface area is 94.1 Å². The molecular weight excluding hydrogens is 204 g/mol. The largest absolute Gasteiger partial charge is 0.493 e. The van der Waals surface area contributed by atoms with E-state index in [9.17, 15) is 0 Å². The van der Waals surface area contributed by atoms with Crippen LogP contribution >= 0.6 is 0 Å². The number of hydrogen-bond donors (Lipinski definition) is 0. The van der Waals surface area contributed by atoms with Gasteiger partial charge in [0.05, 0.1) is 26.3 Å². The Bertz CT molecular complexity index is 476. The number of rotatable bonds is 4. The zero-order chi connectivity index (χ0) is 11.5. The van der Waals surface area contributed by atoms with Crippen molar-refractivity contribution in [3.05, 3.63) is 31.0 Å². The van der Waals surface area contributed by atoms with E-state index < -0.39 is 0 Å². The molecule has 0 saturated carbocycles. The van der Waals surface area contributed by atoms with E-state index >= 15 is 0 Å². The first-order valence-corrected chi connectivity index (χ1v) is 4.98. The second-order valence-corrected chi connectivity index (χ2v) is 3.41. The quantitative estimate of drug-likeness (QED) is 0.738. The fraction of sp³-hybridized carbons (Fsp3) is 0.250. The van der Waals surface area contributed by atoms with Crippen LogP contribution in [0.2, 0.25) is 0 Å². The molecule has 2 rings (SSSR count). The molecule has 0 atom stereocenters. The maximum atomic E-state index is 5.23. The van der Waals surface area contributed by atoms with Crippen molar-refractivity contribution in [2.24, 2.45) is 0 Å². The molecule has 0 aliphatic rings. The number of nitrogens with zero attached hydrogens (tertiary/aromatic N) is 2. The molecule has 1 heterocycles. The molecule has 1 aromatic heterocycles. The molecule has 4 heteroatoms. The van der Waals surface area contributed by atoms with Gasteiger partial charge in [0.1, 0.15) is 0 Å². The molecule has 0 bridgehead atoms. The number of ether oxygens (including phenoxy) is 2. The molecule has 0 fully saturated rings. The molecule has 0 saturated heterocycles. The number of aromatic nitrogens is 2. The Morgan fingerprint density at radius 3 is 2.62 bits per heavy atom. The van der Waals surface area contributed by atoms with Crippen LogP contribution in [0, 0.1) is 0 Å². The summed E-state index contributed by atoms with van der Waals surface area (Å²) in [7, 11) is 3.24. The molecule has 0 unspecified atom stereocenters. The van der Waals surface area contributed by atoms with E-state index in [1.54, 1.807) is 20.3 Å². The van der Waals surface area contributed by atoms with E-state index in [0.29, 0.717) is 18.0 Å². The van der Waals surface area contributed by atoms with Crippen molar-refractivity contribution in [1.82, 2.24) is 9.78 Å². The van der Waals surface area contributed by atoms with Crippen LogP contribution in [-0.4, -0.2) is 24.0 Å². The Kier molecular flexibility index (Phi) is 2.81. The van der Waals surface area contributed by atoms with Crippen LogP contribution in [0.4, 0.5) is 0 Å². The van der Waals surface area contributed by atoms with Gasteiger partial charge in [-0.15, -0.1) is 6.58 Å². The molecule has 84 valence electrons. The first kappa shape index (κ1) is 10.5. The fourth-order valence-corrected chi connectivity index (χ4v) is 1.63. The van der Waals surface area contributed by atoms with E-state index in [1.807, 2.05) is 23.0 Å². The molecule has 2 aromatic rings. The summed E-state index contributed by atoms with van der Waals surface area (Å²) in [6, 6.07) is 3.79. The van der Waals surface area contributed by atoms with E-state index in [-0.39, 0.29) is 0 Å². The second kappa shape index (κ2) is 4.26. The maximum Gasteiger partial charge on any atom is 0.162 e. The number of hydrogen-bond acceptors (Lipinski definition) is 3. The van der Waals surface area contributed by atoms with Crippen LogP contribution in [0.3, 0.4) is 0 Å². The summed E-state index contributed by atoms with van der Waals surface area (Å²) >= 11 is 0. The average molecular weight is 218 g/mol. The molecule has 1 aromatic carbocycles. The van der Waals surface area contributed by atoms with Crippen LogP contribution in [-0.2, 0) is 6.54 Å². The molecule has 0 aliphatic carbocycles. The van der Waals surface area contributed by atoms with Gasteiger partial charge in [0.25, 0.3) is 0 Å². The summed E-state index contributed by atoms with van der Waals surface area (Å²) in [6.45, 7) is 4.38. The van der Waals surface area contributed by atoms with E-state index in [1.165, 1.54) is 0 Å². The molecule has 4 nitrogen and oxygen atoms in total. The number of fused-ring (bicyclic) bond motifs is 1. The molecule has 16 heavy (non-hydrogen) atoms. The molecule has 0 N–H and O–H groups in total. The maximum absolute atomic E-state index is 5.23. The highest BCUT2D eigenvalue weighted by Crippen LogP contribution is 2.31.